The van der Waals surface area contributed by atoms with Gasteiger partial charge < -0.3 is 15.4 Å². The number of hydrogen-bond donors (Lipinski definition) is 2. The second-order valence-corrected chi connectivity index (χ2v) is 10.2. The van der Waals surface area contributed by atoms with Crippen LogP contribution < -0.4 is 15.4 Å². The molecular formula is C31H28F6N2O3. The highest BCUT2D eigenvalue weighted by Gasteiger charge is 2.60. The van der Waals surface area contributed by atoms with E-state index in [1.165, 1.54) is 12.1 Å². The van der Waals surface area contributed by atoms with E-state index >= 15 is 0 Å². The van der Waals surface area contributed by atoms with Crippen molar-refractivity contribution in [2.75, 3.05) is 11.9 Å². The maximum absolute atomic E-state index is 14.9. The Morgan fingerprint density at radius 2 is 1.45 bits per heavy atom. The highest BCUT2D eigenvalue weighted by molar-refractivity contribution is 6.28. The molecular weight excluding hydrogens is 562 g/mol. The molecule has 3 aromatic carbocycles. The average molecular weight is 591 g/mol. The lowest BCUT2D eigenvalue weighted by Gasteiger charge is -2.41. The van der Waals surface area contributed by atoms with Gasteiger partial charge in [-0.25, -0.2) is 0 Å². The number of ether oxygens (including phenoxy) is 1. The van der Waals surface area contributed by atoms with E-state index in [0.717, 1.165) is 23.3 Å². The van der Waals surface area contributed by atoms with E-state index in [1.54, 1.807) is 55.5 Å². The molecule has 2 N–H and O–H groups in total. The Hall–Kier alpha value is -4.28. The first-order valence-corrected chi connectivity index (χ1v) is 13.1. The smallest absolute Gasteiger partial charge is 0.416 e. The Labute approximate surface area is 238 Å². The van der Waals surface area contributed by atoms with Crippen LogP contribution >= 0.6 is 0 Å². The molecule has 0 radical (unpaired) electrons. The summed E-state index contributed by atoms with van der Waals surface area (Å²) in [6, 6.07) is 17.8. The van der Waals surface area contributed by atoms with Gasteiger partial charge in [0.1, 0.15) is 11.3 Å². The first-order chi connectivity index (χ1) is 19.7. The van der Waals surface area contributed by atoms with E-state index in [0.29, 0.717) is 5.69 Å². The Bertz CT molecular complexity index is 1460. The number of anilines is 1. The van der Waals surface area contributed by atoms with Crippen molar-refractivity contribution in [3.8, 4) is 5.75 Å². The average Bonchev–Trinajstić information content (AvgIpc) is 2.91. The molecule has 3 aromatic rings. The van der Waals surface area contributed by atoms with Gasteiger partial charge in [-0.15, -0.1) is 0 Å². The van der Waals surface area contributed by atoms with Crippen LogP contribution in [0.3, 0.4) is 0 Å². The van der Waals surface area contributed by atoms with Gasteiger partial charge in [-0.05, 0) is 61.2 Å². The van der Waals surface area contributed by atoms with Crippen molar-refractivity contribution in [3.05, 3.63) is 101 Å². The molecule has 1 aliphatic heterocycles. The molecule has 0 saturated heterocycles. The zero-order valence-corrected chi connectivity index (χ0v) is 22.7. The minimum atomic E-state index is -4.99. The molecule has 222 valence electrons. The van der Waals surface area contributed by atoms with Crippen LogP contribution in [0, 0.1) is 13.8 Å². The monoisotopic (exact) mass is 590 g/mol. The number of halogens is 6. The summed E-state index contributed by atoms with van der Waals surface area (Å²) in [6.45, 7) is 3.37. The van der Waals surface area contributed by atoms with Crippen LogP contribution in [0.4, 0.5) is 32.0 Å². The van der Waals surface area contributed by atoms with Crippen LogP contribution in [0.15, 0.2) is 78.4 Å². The maximum atomic E-state index is 14.9. The van der Waals surface area contributed by atoms with Crippen molar-refractivity contribution in [2.24, 2.45) is 0 Å². The third-order valence-corrected chi connectivity index (χ3v) is 6.94. The van der Waals surface area contributed by atoms with Crippen LogP contribution in [0.25, 0.3) is 5.57 Å². The molecule has 1 atom stereocenters. The van der Waals surface area contributed by atoms with Gasteiger partial charge in [0.05, 0.1) is 6.61 Å². The number of nitrogens with one attached hydrogen (secondary N) is 2. The third kappa shape index (κ3) is 6.95. The van der Waals surface area contributed by atoms with Gasteiger partial charge in [0.2, 0.25) is 0 Å². The second kappa shape index (κ2) is 11.9. The largest absolute Gasteiger partial charge is 0.494 e. The van der Waals surface area contributed by atoms with Gasteiger partial charge in [-0.2, -0.15) is 26.3 Å². The summed E-state index contributed by atoms with van der Waals surface area (Å²) in [5.41, 5.74) is -1.35. The second-order valence-electron chi connectivity index (χ2n) is 10.2. The normalized spacial score (nSPS) is 17.6. The molecule has 42 heavy (non-hydrogen) atoms. The molecule has 2 amide bonds. The Balaban J connectivity index is 1.71. The summed E-state index contributed by atoms with van der Waals surface area (Å²) in [4.78, 5) is 26.8. The molecule has 1 heterocycles. The summed E-state index contributed by atoms with van der Waals surface area (Å²) < 4.78 is 87.1. The van der Waals surface area contributed by atoms with E-state index in [2.05, 4.69) is 10.6 Å². The van der Waals surface area contributed by atoms with E-state index in [9.17, 15) is 35.9 Å². The standard InChI is InChI=1S/C31H28F6N2O3/c1-19-4-8-21(9-5-19)25-18-29(31(35,36)37,22-10-14-24(15-11-22)42-17-3-16-30(32,33)34)39-28(41)26(25)27(40)38-23-12-6-20(2)7-13-23/h4-15H,3,16-18H2,1-2H3,(H,38,40)(H,39,41). The van der Waals surface area contributed by atoms with Crippen LogP contribution in [-0.2, 0) is 15.1 Å². The van der Waals surface area contributed by atoms with Gasteiger partial charge in [0, 0.05) is 18.5 Å². The topological polar surface area (TPSA) is 67.4 Å². The lowest BCUT2D eigenvalue weighted by atomic mass is 9.76. The van der Waals surface area contributed by atoms with Crippen molar-refractivity contribution < 1.29 is 40.7 Å². The quantitative estimate of drug-likeness (QED) is 0.163. The molecule has 1 aliphatic rings. The number of hydrogen-bond acceptors (Lipinski definition) is 3. The lowest BCUT2D eigenvalue weighted by molar-refractivity contribution is -0.201. The summed E-state index contributed by atoms with van der Waals surface area (Å²) in [7, 11) is 0. The molecule has 0 bridgehead atoms. The van der Waals surface area contributed by atoms with Crippen molar-refractivity contribution in [2.45, 2.75) is 51.0 Å². The number of amides is 2. The molecule has 0 spiro atoms. The Morgan fingerprint density at radius 3 is 2.00 bits per heavy atom. The van der Waals surface area contributed by atoms with Gasteiger partial charge in [0.25, 0.3) is 11.8 Å². The van der Waals surface area contributed by atoms with Crippen LogP contribution in [0.1, 0.15) is 41.5 Å². The maximum Gasteiger partial charge on any atom is 0.416 e. The predicted molar refractivity (Wildman–Crippen MR) is 146 cm³/mol. The van der Waals surface area contributed by atoms with Crippen LogP contribution in [0.2, 0.25) is 0 Å². The van der Waals surface area contributed by atoms with Gasteiger partial charge in [-0.1, -0.05) is 59.7 Å². The highest BCUT2D eigenvalue weighted by atomic mass is 19.4. The summed E-state index contributed by atoms with van der Waals surface area (Å²) >= 11 is 0. The fraction of sp³-hybridized carbons (Fsp3) is 0.290. The summed E-state index contributed by atoms with van der Waals surface area (Å²) in [6.07, 6.45) is -11.5. The molecule has 0 aromatic heterocycles. The fourth-order valence-electron chi connectivity index (χ4n) is 4.67. The summed E-state index contributed by atoms with van der Waals surface area (Å²) in [5.74, 6) is -1.98. The molecule has 0 aliphatic carbocycles. The lowest BCUT2D eigenvalue weighted by Crippen LogP contribution is -2.59. The van der Waals surface area contributed by atoms with Gasteiger partial charge >= 0.3 is 12.4 Å². The predicted octanol–water partition coefficient (Wildman–Crippen LogP) is 7.39. The first-order valence-electron chi connectivity index (χ1n) is 13.1. The number of carbonyl (C=O) groups excluding carboxylic acids is 2. The number of benzene rings is 3. The number of aryl methyl sites for hydroxylation is 2. The highest BCUT2D eigenvalue weighted by Crippen LogP contribution is 2.48. The molecule has 1 unspecified atom stereocenters. The zero-order chi connectivity index (χ0) is 30.7. The van der Waals surface area contributed by atoms with Gasteiger partial charge in [-0.3, -0.25) is 9.59 Å². The molecule has 0 fully saturated rings. The molecule has 11 heteroatoms. The molecule has 0 saturated carbocycles. The fourth-order valence-corrected chi connectivity index (χ4v) is 4.67. The van der Waals surface area contributed by atoms with E-state index < -0.39 is 48.1 Å². The van der Waals surface area contributed by atoms with Crippen molar-refractivity contribution >= 4 is 23.1 Å². The van der Waals surface area contributed by atoms with E-state index in [4.69, 9.17) is 4.74 Å². The van der Waals surface area contributed by atoms with Crippen molar-refractivity contribution in [1.29, 1.82) is 0 Å². The first kappa shape index (κ1) is 30.7. The Morgan fingerprint density at radius 1 is 0.881 bits per heavy atom. The van der Waals surface area contributed by atoms with Crippen LogP contribution in [0.5, 0.6) is 5.75 Å². The van der Waals surface area contributed by atoms with Gasteiger partial charge in [0.15, 0.2) is 5.54 Å². The van der Waals surface area contributed by atoms with E-state index in [-0.39, 0.29) is 35.5 Å². The summed E-state index contributed by atoms with van der Waals surface area (Å²) in [5, 5.41) is 4.66. The van der Waals surface area contributed by atoms with Crippen molar-refractivity contribution in [1.82, 2.24) is 5.32 Å². The molecule has 5 nitrogen and oxygen atoms in total. The molecule has 4 rings (SSSR count). The SMILES string of the molecule is Cc1ccc(NC(=O)C2=C(c3ccc(C)cc3)CC(c3ccc(OCCCC(F)(F)F)cc3)(C(F)(F)F)NC2=O)cc1. The van der Waals surface area contributed by atoms with Crippen molar-refractivity contribution in [3.63, 3.8) is 0 Å². The number of rotatable bonds is 8. The zero-order valence-electron chi connectivity index (χ0n) is 22.7. The third-order valence-electron chi connectivity index (χ3n) is 6.94. The van der Waals surface area contributed by atoms with Crippen LogP contribution in [-0.4, -0.2) is 30.8 Å². The minimum Gasteiger partial charge on any atom is -0.494 e. The van der Waals surface area contributed by atoms with E-state index in [1.807, 2.05) is 6.92 Å². The minimum absolute atomic E-state index is 0.0767. The number of alkyl halides is 6. The number of carbonyl (C=O) groups is 2. The Kier molecular flexibility index (Phi) is 8.70.